The third kappa shape index (κ3) is 4.89. The number of carbonyl (C=O) groups excluding carboxylic acids is 1. The number of fused-ring (bicyclic) bond motifs is 1. The van der Waals surface area contributed by atoms with Crippen molar-refractivity contribution in [3.63, 3.8) is 0 Å². The van der Waals surface area contributed by atoms with E-state index in [9.17, 15) is 9.18 Å². The lowest BCUT2D eigenvalue weighted by Gasteiger charge is -2.25. The van der Waals surface area contributed by atoms with Crippen molar-refractivity contribution in [3.8, 4) is 5.75 Å². The summed E-state index contributed by atoms with van der Waals surface area (Å²) in [5.41, 5.74) is 1.41. The molecule has 4 aromatic rings. The zero-order valence-electron chi connectivity index (χ0n) is 18.6. The smallest absolute Gasteiger partial charge is 0.262 e. The Morgan fingerprint density at radius 3 is 3.03 bits per heavy atom. The molecule has 0 radical (unpaired) electrons. The molecule has 34 heavy (non-hydrogen) atoms. The van der Waals surface area contributed by atoms with Crippen molar-refractivity contribution in [1.29, 1.82) is 0 Å². The Labute approximate surface area is 204 Å². The van der Waals surface area contributed by atoms with Crippen LogP contribution in [0, 0.1) is 12.7 Å². The number of piperidine rings is 1. The maximum atomic E-state index is 14.0. The molecule has 1 amide bonds. The lowest BCUT2D eigenvalue weighted by Crippen LogP contribution is -2.37. The number of aryl methyl sites for hydroxylation is 1. The SMILES string of the molecule is Cc1c(C(=O)NCc2cccs2)sc2ncnc(Nc3ccc(F)cc3OC3CCCNC3)c12. The summed E-state index contributed by atoms with van der Waals surface area (Å²) in [6.45, 7) is 4.06. The Kier molecular flexibility index (Phi) is 6.70. The molecular weight excluding hydrogens is 473 g/mol. The number of amides is 1. The molecule has 1 atom stereocenters. The number of benzene rings is 1. The summed E-state index contributed by atoms with van der Waals surface area (Å²) in [6, 6.07) is 8.37. The molecule has 0 aliphatic carbocycles. The van der Waals surface area contributed by atoms with Gasteiger partial charge in [-0.15, -0.1) is 22.7 Å². The molecule has 1 unspecified atom stereocenters. The van der Waals surface area contributed by atoms with E-state index in [1.807, 2.05) is 24.4 Å². The Morgan fingerprint density at radius 1 is 1.32 bits per heavy atom. The van der Waals surface area contributed by atoms with Crippen LogP contribution in [0.25, 0.3) is 10.2 Å². The Balaban J connectivity index is 1.42. The molecule has 3 aromatic heterocycles. The average molecular weight is 498 g/mol. The number of thiophene rings is 2. The third-order valence-electron chi connectivity index (χ3n) is 5.68. The lowest BCUT2D eigenvalue weighted by molar-refractivity contribution is 0.0955. The van der Waals surface area contributed by atoms with Crippen LogP contribution >= 0.6 is 22.7 Å². The van der Waals surface area contributed by atoms with E-state index in [1.54, 1.807) is 17.4 Å². The fraction of sp³-hybridized carbons (Fsp3) is 0.292. The highest BCUT2D eigenvalue weighted by Crippen LogP contribution is 2.37. The molecule has 0 spiro atoms. The van der Waals surface area contributed by atoms with Crippen LogP contribution in [0.5, 0.6) is 5.75 Å². The number of hydrogen-bond acceptors (Lipinski definition) is 8. The van der Waals surface area contributed by atoms with Gasteiger partial charge in [0.25, 0.3) is 5.91 Å². The third-order valence-corrected chi connectivity index (χ3v) is 7.75. The van der Waals surface area contributed by atoms with Crippen LogP contribution in [0.2, 0.25) is 0 Å². The Morgan fingerprint density at radius 2 is 2.24 bits per heavy atom. The van der Waals surface area contributed by atoms with Crippen LogP contribution in [0.1, 0.15) is 33.0 Å². The van der Waals surface area contributed by atoms with Crippen LogP contribution in [0.15, 0.2) is 42.0 Å². The second kappa shape index (κ2) is 10.0. The first-order valence-electron chi connectivity index (χ1n) is 11.1. The first kappa shape index (κ1) is 22.7. The zero-order valence-corrected chi connectivity index (χ0v) is 20.2. The number of carbonyl (C=O) groups is 1. The van der Waals surface area contributed by atoms with Gasteiger partial charge in [0.2, 0.25) is 0 Å². The highest BCUT2D eigenvalue weighted by molar-refractivity contribution is 7.20. The molecule has 176 valence electrons. The first-order valence-corrected chi connectivity index (χ1v) is 12.8. The summed E-state index contributed by atoms with van der Waals surface area (Å²) in [7, 11) is 0. The number of aromatic nitrogens is 2. The molecular formula is C24H24FN5O2S2. The summed E-state index contributed by atoms with van der Waals surface area (Å²) in [4.78, 5) is 24.1. The van der Waals surface area contributed by atoms with E-state index in [0.29, 0.717) is 33.5 Å². The van der Waals surface area contributed by atoms with E-state index in [0.717, 1.165) is 41.8 Å². The molecule has 1 aromatic carbocycles. The van der Waals surface area contributed by atoms with E-state index in [4.69, 9.17) is 4.74 Å². The van der Waals surface area contributed by atoms with Crippen molar-refractivity contribution in [2.75, 3.05) is 18.4 Å². The lowest BCUT2D eigenvalue weighted by atomic mass is 10.1. The van der Waals surface area contributed by atoms with Gasteiger partial charge in [0, 0.05) is 17.5 Å². The zero-order chi connectivity index (χ0) is 23.5. The standard InChI is InChI=1S/C24H24FN5O2S2/c1-14-20-22(30-18-7-6-15(25)10-19(18)32-16-4-2-8-26-11-16)28-13-29-24(20)34-21(14)23(31)27-12-17-5-3-9-33-17/h3,5-7,9-10,13,16,26H,2,4,8,11-12H2,1H3,(H,27,31)(H,28,29,30). The quantitative estimate of drug-likeness (QED) is 0.333. The first-order chi connectivity index (χ1) is 16.6. The summed E-state index contributed by atoms with van der Waals surface area (Å²) >= 11 is 2.93. The topological polar surface area (TPSA) is 88.2 Å². The Bertz CT molecular complexity index is 1300. The van der Waals surface area contributed by atoms with Crippen molar-refractivity contribution < 1.29 is 13.9 Å². The molecule has 1 fully saturated rings. The number of rotatable bonds is 7. The summed E-state index contributed by atoms with van der Waals surface area (Å²) < 4.78 is 20.2. The van der Waals surface area contributed by atoms with Crippen molar-refractivity contribution in [1.82, 2.24) is 20.6 Å². The van der Waals surface area contributed by atoms with Gasteiger partial charge in [0.15, 0.2) is 0 Å². The minimum atomic E-state index is -0.367. The summed E-state index contributed by atoms with van der Waals surface area (Å²) in [5.74, 6) is 0.473. The average Bonchev–Trinajstić information content (AvgIpc) is 3.48. The van der Waals surface area contributed by atoms with Crippen LogP contribution < -0.4 is 20.7 Å². The van der Waals surface area contributed by atoms with Gasteiger partial charge in [-0.25, -0.2) is 14.4 Å². The van der Waals surface area contributed by atoms with Crippen molar-refractivity contribution in [3.05, 3.63) is 63.2 Å². The molecule has 0 bridgehead atoms. The van der Waals surface area contributed by atoms with Crippen LogP contribution in [-0.4, -0.2) is 35.1 Å². The monoisotopic (exact) mass is 497 g/mol. The number of nitrogens with one attached hydrogen (secondary N) is 3. The molecule has 1 saturated heterocycles. The van der Waals surface area contributed by atoms with Gasteiger partial charge in [-0.3, -0.25) is 4.79 Å². The fourth-order valence-corrected chi connectivity index (χ4v) is 5.68. The van der Waals surface area contributed by atoms with Gasteiger partial charge in [0.1, 0.15) is 34.6 Å². The normalized spacial score (nSPS) is 15.9. The maximum absolute atomic E-state index is 14.0. The predicted molar refractivity (Wildman–Crippen MR) is 134 cm³/mol. The van der Waals surface area contributed by atoms with Crippen molar-refractivity contribution in [2.45, 2.75) is 32.4 Å². The largest absolute Gasteiger partial charge is 0.487 e. The second-order valence-corrected chi connectivity index (χ2v) is 10.1. The van der Waals surface area contributed by atoms with Crippen LogP contribution in [0.3, 0.4) is 0 Å². The van der Waals surface area contributed by atoms with E-state index in [2.05, 4.69) is 25.9 Å². The van der Waals surface area contributed by atoms with Gasteiger partial charge < -0.3 is 20.7 Å². The number of hydrogen-bond donors (Lipinski definition) is 3. The maximum Gasteiger partial charge on any atom is 0.262 e. The summed E-state index contributed by atoms with van der Waals surface area (Å²) in [6.07, 6.45) is 3.36. The van der Waals surface area contributed by atoms with E-state index in [-0.39, 0.29) is 17.8 Å². The number of ether oxygens (including phenoxy) is 1. The number of anilines is 2. The molecule has 3 N–H and O–H groups in total. The predicted octanol–water partition coefficient (Wildman–Crippen LogP) is 5.00. The Hall–Kier alpha value is -3.08. The molecule has 4 heterocycles. The molecule has 7 nitrogen and oxygen atoms in total. The number of nitrogens with zero attached hydrogens (tertiary/aromatic N) is 2. The van der Waals surface area contributed by atoms with Crippen LogP contribution in [0.4, 0.5) is 15.9 Å². The minimum Gasteiger partial charge on any atom is -0.487 e. The van der Waals surface area contributed by atoms with E-state index < -0.39 is 0 Å². The van der Waals surface area contributed by atoms with Gasteiger partial charge >= 0.3 is 0 Å². The van der Waals surface area contributed by atoms with Crippen LogP contribution in [-0.2, 0) is 6.54 Å². The molecule has 1 aliphatic heterocycles. The van der Waals surface area contributed by atoms with Gasteiger partial charge in [-0.2, -0.15) is 0 Å². The highest BCUT2D eigenvalue weighted by atomic mass is 32.1. The van der Waals surface area contributed by atoms with Gasteiger partial charge in [-0.1, -0.05) is 6.07 Å². The van der Waals surface area contributed by atoms with E-state index >= 15 is 0 Å². The second-order valence-electron chi connectivity index (χ2n) is 8.07. The van der Waals surface area contributed by atoms with E-state index in [1.165, 1.54) is 29.8 Å². The number of halogens is 1. The highest BCUT2D eigenvalue weighted by Gasteiger charge is 2.21. The summed E-state index contributed by atoms with van der Waals surface area (Å²) in [5, 5.41) is 12.3. The van der Waals surface area contributed by atoms with Gasteiger partial charge in [0.05, 0.1) is 22.5 Å². The van der Waals surface area contributed by atoms with Crippen molar-refractivity contribution >= 4 is 50.3 Å². The van der Waals surface area contributed by atoms with Crippen molar-refractivity contribution in [2.24, 2.45) is 0 Å². The molecule has 0 saturated carbocycles. The molecule has 10 heteroatoms. The molecule has 1 aliphatic rings. The fourth-order valence-electron chi connectivity index (χ4n) is 3.97. The minimum absolute atomic E-state index is 0.0250. The van der Waals surface area contributed by atoms with Gasteiger partial charge in [-0.05, 0) is 55.5 Å². The molecule has 5 rings (SSSR count).